The van der Waals surface area contributed by atoms with Gasteiger partial charge in [-0.3, -0.25) is 9.10 Å². The highest BCUT2D eigenvalue weighted by molar-refractivity contribution is 7.92. The summed E-state index contributed by atoms with van der Waals surface area (Å²) in [6, 6.07) is 8.79. The first-order valence-corrected chi connectivity index (χ1v) is 16.1. The van der Waals surface area contributed by atoms with E-state index in [2.05, 4.69) is 5.32 Å². The highest BCUT2D eigenvalue weighted by Gasteiger charge is 2.71. The number of carbonyl (C=O) groups excluding carboxylic acids is 1. The fraction of sp³-hybridized carbons (Fsp3) is 0.375. The normalized spacial score (nSPS) is 20.8. The molecule has 0 aliphatic carbocycles. The van der Waals surface area contributed by atoms with Crippen molar-refractivity contribution in [1.29, 1.82) is 5.26 Å². The number of carbonyl (C=O) groups is 1. The lowest BCUT2D eigenvalue weighted by Crippen LogP contribution is -2.58. The summed E-state index contributed by atoms with van der Waals surface area (Å²) in [5.74, 6) is -1.32. The number of nitriles is 1. The molecule has 49 heavy (non-hydrogen) atoms. The Morgan fingerprint density at radius 1 is 1.04 bits per heavy atom. The lowest BCUT2D eigenvalue weighted by molar-refractivity contribution is -0.376. The van der Waals surface area contributed by atoms with Gasteiger partial charge in [0.05, 0.1) is 34.3 Å². The average molecular weight is 716 g/mol. The summed E-state index contributed by atoms with van der Waals surface area (Å²) in [5.41, 5.74) is -8.31. The Bertz CT molecular complexity index is 1910. The van der Waals surface area contributed by atoms with Crippen LogP contribution < -0.4 is 14.4 Å². The first kappa shape index (κ1) is 35.9. The van der Waals surface area contributed by atoms with E-state index < -0.39 is 80.4 Å². The molecule has 1 amide bonds. The number of hydrogen-bond donors (Lipinski definition) is 3. The number of nitrogens with zero attached hydrogens (tertiary/aromatic N) is 2. The van der Waals surface area contributed by atoms with Crippen LogP contribution in [0.5, 0.6) is 5.75 Å². The molecule has 3 aromatic carbocycles. The molecular weight excluding hydrogens is 687 g/mol. The Hall–Kier alpha value is -4.40. The third-order valence-corrected chi connectivity index (χ3v) is 10.5. The minimum atomic E-state index is -6.19. The Morgan fingerprint density at radius 3 is 2.27 bits per heavy atom. The summed E-state index contributed by atoms with van der Waals surface area (Å²) in [7, 11) is -4.73. The molecule has 0 bridgehead atoms. The first-order valence-electron chi connectivity index (χ1n) is 14.6. The Kier molecular flexibility index (Phi) is 8.92. The number of rotatable bonds is 6. The van der Waals surface area contributed by atoms with Crippen LogP contribution in [0, 0.1) is 17.1 Å². The summed E-state index contributed by atoms with van der Waals surface area (Å²) in [5, 5.41) is 33.1. The molecular formula is C32H28F7N3O6S. The predicted molar refractivity (Wildman–Crippen MR) is 158 cm³/mol. The van der Waals surface area contributed by atoms with Crippen molar-refractivity contribution in [3.05, 3.63) is 88.7 Å². The molecule has 0 spiro atoms. The van der Waals surface area contributed by atoms with Crippen molar-refractivity contribution in [2.45, 2.75) is 79.7 Å². The van der Waals surface area contributed by atoms with E-state index in [-0.39, 0.29) is 41.0 Å². The van der Waals surface area contributed by atoms with Crippen LogP contribution in [0.25, 0.3) is 0 Å². The van der Waals surface area contributed by atoms with Gasteiger partial charge in [0.15, 0.2) is 0 Å². The standard InChI is InChI=1S/C32H28F7N3O6S/c1-29(2)28(27(44)23-13-17(16-40)3-12-25(23)48-29)41-26(43)15-21-8-4-18-14-19(30(45,31(34,35)36)32(37,38)39)5-11-24(18)42(21)49(46,47)22-9-6-20(33)7-10-22/h3,5-7,9-14,21,27-28,44-45H,4,8,15H2,1-2H3,(H,41,43)/t21-,27+,28-/m0/s1. The van der Waals surface area contributed by atoms with E-state index in [0.29, 0.717) is 22.5 Å². The molecule has 3 aromatic rings. The number of sulfonamides is 1. The van der Waals surface area contributed by atoms with Gasteiger partial charge in [0.25, 0.3) is 15.6 Å². The molecule has 2 aliphatic heterocycles. The molecule has 5 rings (SSSR count). The van der Waals surface area contributed by atoms with Crippen LogP contribution in [0.1, 0.15) is 55.0 Å². The van der Waals surface area contributed by atoms with Crippen LogP contribution in [-0.4, -0.2) is 54.6 Å². The van der Waals surface area contributed by atoms with E-state index in [1.807, 2.05) is 6.07 Å². The van der Waals surface area contributed by atoms with Crippen molar-refractivity contribution in [1.82, 2.24) is 5.32 Å². The second-order valence-corrected chi connectivity index (χ2v) is 14.1. The summed E-state index contributed by atoms with van der Waals surface area (Å²) < 4.78 is 130. The maximum Gasteiger partial charge on any atom is 0.430 e. The summed E-state index contributed by atoms with van der Waals surface area (Å²) >= 11 is 0. The fourth-order valence-corrected chi connectivity index (χ4v) is 7.85. The molecule has 2 heterocycles. The Morgan fingerprint density at radius 2 is 1.67 bits per heavy atom. The Balaban J connectivity index is 1.52. The van der Waals surface area contributed by atoms with E-state index in [9.17, 15) is 59.4 Å². The lowest BCUT2D eigenvalue weighted by atomic mass is 9.85. The number of hydrogen-bond acceptors (Lipinski definition) is 7. The van der Waals surface area contributed by atoms with Gasteiger partial charge in [-0.2, -0.15) is 31.6 Å². The van der Waals surface area contributed by atoms with Crippen LogP contribution in [0.3, 0.4) is 0 Å². The van der Waals surface area contributed by atoms with Crippen LogP contribution in [0.15, 0.2) is 65.6 Å². The van der Waals surface area contributed by atoms with Crippen molar-refractivity contribution in [2.24, 2.45) is 0 Å². The van der Waals surface area contributed by atoms with Crippen molar-refractivity contribution in [2.75, 3.05) is 4.31 Å². The highest BCUT2D eigenvalue weighted by atomic mass is 32.2. The second-order valence-electron chi connectivity index (χ2n) is 12.3. The third kappa shape index (κ3) is 6.28. The van der Waals surface area contributed by atoms with Gasteiger partial charge in [-0.25, -0.2) is 12.8 Å². The number of aliphatic hydroxyl groups excluding tert-OH is 1. The maximum absolute atomic E-state index is 14.0. The zero-order valence-corrected chi connectivity index (χ0v) is 26.4. The van der Waals surface area contributed by atoms with Crippen LogP contribution >= 0.6 is 0 Å². The minimum Gasteiger partial charge on any atom is -0.485 e. The molecule has 262 valence electrons. The van der Waals surface area contributed by atoms with E-state index in [0.717, 1.165) is 24.3 Å². The zero-order chi connectivity index (χ0) is 36.3. The van der Waals surface area contributed by atoms with Gasteiger partial charge in [0, 0.05) is 17.5 Å². The van der Waals surface area contributed by atoms with Gasteiger partial charge in [-0.15, -0.1) is 0 Å². The third-order valence-electron chi connectivity index (χ3n) is 8.64. The van der Waals surface area contributed by atoms with Crippen LogP contribution in [0.4, 0.5) is 36.4 Å². The van der Waals surface area contributed by atoms with Gasteiger partial charge in [-0.1, -0.05) is 12.1 Å². The van der Waals surface area contributed by atoms with Gasteiger partial charge in [0.2, 0.25) is 5.91 Å². The number of aryl methyl sites for hydroxylation is 1. The van der Waals surface area contributed by atoms with Gasteiger partial charge >= 0.3 is 12.4 Å². The number of amides is 1. The van der Waals surface area contributed by atoms with Gasteiger partial charge in [0.1, 0.15) is 23.3 Å². The monoisotopic (exact) mass is 715 g/mol. The molecule has 0 saturated carbocycles. The minimum absolute atomic E-state index is 0.209. The fourth-order valence-electron chi connectivity index (χ4n) is 6.13. The molecule has 0 aromatic heterocycles. The van der Waals surface area contributed by atoms with E-state index >= 15 is 0 Å². The van der Waals surface area contributed by atoms with Crippen molar-refractivity contribution in [3.8, 4) is 11.8 Å². The van der Waals surface area contributed by atoms with Crippen molar-refractivity contribution < 1.29 is 58.9 Å². The molecule has 2 aliphatic rings. The molecule has 3 atom stereocenters. The number of halogens is 7. The largest absolute Gasteiger partial charge is 0.485 e. The average Bonchev–Trinajstić information content (AvgIpc) is 3.01. The van der Waals surface area contributed by atoms with E-state index in [4.69, 9.17) is 4.74 Å². The number of fused-ring (bicyclic) bond motifs is 2. The summed E-state index contributed by atoms with van der Waals surface area (Å²) in [6.07, 6.45) is -14.9. The first-order chi connectivity index (χ1) is 22.6. The molecule has 0 fully saturated rings. The number of ether oxygens (including phenoxy) is 1. The molecule has 0 radical (unpaired) electrons. The topological polar surface area (TPSA) is 140 Å². The number of aliphatic hydroxyl groups is 2. The SMILES string of the molecule is CC1(C)Oc2ccc(C#N)cc2[C@@H](O)[C@@H]1NC(=O)C[C@@H]1CCc2cc(C(O)(C(F)(F)F)C(F)(F)F)ccc2N1S(=O)(=O)c1ccc(F)cc1. The molecule has 9 nitrogen and oxygen atoms in total. The molecule has 0 unspecified atom stereocenters. The van der Waals surface area contributed by atoms with E-state index in [1.54, 1.807) is 13.8 Å². The molecule has 3 N–H and O–H groups in total. The molecule has 0 saturated heterocycles. The highest BCUT2D eigenvalue weighted by Crippen LogP contribution is 2.51. The van der Waals surface area contributed by atoms with Crippen LogP contribution in [0.2, 0.25) is 0 Å². The van der Waals surface area contributed by atoms with Crippen LogP contribution in [-0.2, 0) is 26.8 Å². The number of alkyl halides is 6. The quantitative estimate of drug-likeness (QED) is 0.295. The lowest BCUT2D eigenvalue weighted by Gasteiger charge is -2.43. The zero-order valence-electron chi connectivity index (χ0n) is 25.6. The number of benzene rings is 3. The summed E-state index contributed by atoms with van der Waals surface area (Å²) in [4.78, 5) is 13.0. The Labute approximate surface area is 275 Å². The maximum atomic E-state index is 14.0. The van der Waals surface area contributed by atoms with Gasteiger partial charge in [-0.05, 0) is 80.8 Å². The smallest absolute Gasteiger partial charge is 0.430 e. The summed E-state index contributed by atoms with van der Waals surface area (Å²) in [6.45, 7) is 3.15. The van der Waals surface area contributed by atoms with Crippen molar-refractivity contribution in [3.63, 3.8) is 0 Å². The number of nitrogens with one attached hydrogen (secondary N) is 1. The number of anilines is 1. The predicted octanol–water partition coefficient (Wildman–Crippen LogP) is 5.30. The molecule has 17 heteroatoms. The second kappa shape index (κ2) is 12.2. The van der Waals surface area contributed by atoms with Gasteiger partial charge < -0.3 is 20.3 Å². The van der Waals surface area contributed by atoms with E-state index in [1.165, 1.54) is 18.2 Å². The van der Waals surface area contributed by atoms with Crippen molar-refractivity contribution >= 4 is 21.6 Å².